The van der Waals surface area contributed by atoms with E-state index in [9.17, 15) is 19.2 Å². The lowest BCUT2D eigenvalue weighted by Gasteiger charge is -2.19. The highest BCUT2D eigenvalue weighted by molar-refractivity contribution is 5.73. The number of carbonyl (C=O) groups excluding carboxylic acids is 4. The maximum absolute atomic E-state index is 11.9. The van der Waals surface area contributed by atoms with Crippen molar-refractivity contribution in [3.8, 4) is 0 Å². The van der Waals surface area contributed by atoms with E-state index >= 15 is 0 Å². The van der Waals surface area contributed by atoms with E-state index in [0.29, 0.717) is 19.5 Å². The number of hydrogen-bond donors (Lipinski definition) is 2. The highest BCUT2D eigenvalue weighted by Gasteiger charge is 2.23. The van der Waals surface area contributed by atoms with Gasteiger partial charge >= 0.3 is 24.0 Å². The maximum Gasteiger partial charge on any atom is 0.410 e. The number of hydrogen-bond acceptors (Lipinski definition) is 9. The number of ether oxygens (including phenoxy) is 4. The van der Waals surface area contributed by atoms with Crippen LogP contribution in [0.4, 0.5) is 4.79 Å². The van der Waals surface area contributed by atoms with E-state index in [4.69, 9.17) is 18.9 Å². The number of unbranched alkanes of at least 4 members (excludes halogenated alkanes) is 2. The molecule has 0 saturated heterocycles. The second-order valence-electron chi connectivity index (χ2n) is 9.62. The second kappa shape index (κ2) is 18.8. The van der Waals surface area contributed by atoms with Gasteiger partial charge in [0, 0.05) is 13.0 Å². The van der Waals surface area contributed by atoms with Crippen LogP contribution in [0.15, 0.2) is 0 Å². The number of amides is 1. The molecule has 0 heterocycles. The predicted octanol–water partition coefficient (Wildman–Crippen LogP) is 3.96. The maximum atomic E-state index is 11.9. The molecule has 0 bridgehead atoms. The zero-order chi connectivity index (χ0) is 25.8. The topological polar surface area (TPSA) is 129 Å². The summed E-state index contributed by atoms with van der Waals surface area (Å²) in [6.07, 6.45) is 13.0. The van der Waals surface area contributed by atoms with E-state index in [2.05, 4.69) is 10.6 Å². The number of nitrogens with one attached hydrogen (secondary N) is 2. The highest BCUT2D eigenvalue weighted by Crippen LogP contribution is 2.25. The zero-order valence-corrected chi connectivity index (χ0v) is 21.6. The van der Waals surface area contributed by atoms with Gasteiger partial charge in [-0.3, -0.25) is 14.4 Å². The summed E-state index contributed by atoms with van der Waals surface area (Å²) in [6.45, 7) is 1.36. The lowest BCUT2D eigenvalue weighted by atomic mass is 9.89. The van der Waals surface area contributed by atoms with E-state index in [1.165, 1.54) is 6.42 Å². The number of esters is 3. The summed E-state index contributed by atoms with van der Waals surface area (Å²) in [4.78, 5) is 47.1. The summed E-state index contributed by atoms with van der Waals surface area (Å²) in [5, 5.41) is 5.92. The van der Waals surface area contributed by atoms with Gasteiger partial charge < -0.3 is 29.6 Å². The molecule has 0 aromatic carbocycles. The molecule has 2 aliphatic carbocycles. The molecule has 0 aliphatic heterocycles. The summed E-state index contributed by atoms with van der Waals surface area (Å²) < 4.78 is 20.0. The lowest BCUT2D eigenvalue weighted by molar-refractivity contribution is -0.171. The van der Waals surface area contributed by atoms with E-state index in [0.717, 1.165) is 83.6 Å². The molecule has 0 radical (unpaired) electrons. The Morgan fingerprint density at radius 3 is 1.72 bits per heavy atom. The molecule has 10 nitrogen and oxygen atoms in total. The molecule has 10 heteroatoms. The molecule has 2 fully saturated rings. The quantitative estimate of drug-likeness (QED) is 0.179. The normalized spacial score (nSPS) is 16.7. The highest BCUT2D eigenvalue weighted by atomic mass is 16.7. The number of rotatable bonds is 16. The van der Waals surface area contributed by atoms with Crippen molar-refractivity contribution in [2.75, 3.05) is 33.2 Å². The van der Waals surface area contributed by atoms with Gasteiger partial charge in [0.1, 0.15) is 0 Å². The fraction of sp³-hybridized carbons (Fsp3) is 0.846. The third kappa shape index (κ3) is 13.7. The van der Waals surface area contributed by atoms with Crippen molar-refractivity contribution in [1.82, 2.24) is 10.6 Å². The molecule has 1 amide bonds. The Balaban J connectivity index is 1.31. The van der Waals surface area contributed by atoms with E-state index in [1.807, 2.05) is 0 Å². The van der Waals surface area contributed by atoms with Crippen molar-refractivity contribution in [3.05, 3.63) is 0 Å². The molecule has 36 heavy (non-hydrogen) atoms. The van der Waals surface area contributed by atoms with Crippen LogP contribution < -0.4 is 10.6 Å². The van der Waals surface area contributed by atoms with Crippen LogP contribution in [0.2, 0.25) is 0 Å². The lowest BCUT2D eigenvalue weighted by Crippen LogP contribution is -2.28. The molecule has 206 valence electrons. The van der Waals surface area contributed by atoms with Gasteiger partial charge in [-0.25, -0.2) is 4.79 Å². The van der Waals surface area contributed by atoms with Crippen LogP contribution in [0.1, 0.15) is 96.3 Å². The van der Waals surface area contributed by atoms with Crippen LogP contribution in [-0.4, -0.2) is 57.2 Å². The molecule has 2 aliphatic rings. The molecule has 0 atom stereocenters. The Kier molecular flexibility index (Phi) is 15.6. The minimum absolute atomic E-state index is 0.0477. The minimum Gasteiger partial charge on any atom is -0.428 e. The molecule has 0 aromatic heterocycles. The van der Waals surface area contributed by atoms with Gasteiger partial charge in [0.25, 0.3) is 0 Å². The van der Waals surface area contributed by atoms with Crippen molar-refractivity contribution >= 4 is 24.0 Å². The summed E-state index contributed by atoms with van der Waals surface area (Å²) in [6, 6.07) is 0. The van der Waals surface area contributed by atoms with Gasteiger partial charge in [-0.1, -0.05) is 44.9 Å². The van der Waals surface area contributed by atoms with Crippen molar-refractivity contribution < 1.29 is 38.1 Å². The van der Waals surface area contributed by atoms with E-state index in [1.54, 1.807) is 0 Å². The van der Waals surface area contributed by atoms with Gasteiger partial charge in [-0.15, -0.1) is 0 Å². The van der Waals surface area contributed by atoms with Crippen LogP contribution in [0, 0.1) is 11.8 Å². The molecule has 2 rings (SSSR count). The third-order valence-corrected chi connectivity index (χ3v) is 6.72. The largest absolute Gasteiger partial charge is 0.428 e. The van der Waals surface area contributed by atoms with Gasteiger partial charge in [-0.05, 0) is 58.0 Å². The Bertz CT molecular complexity index is 604. The van der Waals surface area contributed by atoms with Crippen molar-refractivity contribution in [3.63, 3.8) is 0 Å². The van der Waals surface area contributed by atoms with Crippen molar-refractivity contribution in [2.45, 2.75) is 96.3 Å². The standard InChI is InChI=1S/C26H44N2O8/c29-23(33-19-34-24(30)21-11-4-1-5-12-21)15-10-17-27-16-8-3-9-18-28-26(32)36-20-35-25(31)22-13-6-2-7-14-22/h21-22,27H,1-20H2,(H,28,32). The second-order valence-corrected chi connectivity index (χ2v) is 9.62. The first kappa shape index (κ1) is 29.9. The van der Waals surface area contributed by atoms with Crippen LogP contribution >= 0.6 is 0 Å². The van der Waals surface area contributed by atoms with Crippen LogP contribution in [0.25, 0.3) is 0 Å². The molecule has 2 N–H and O–H groups in total. The molecule has 0 spiro atoms. The van der Waals surface area contributed by atoms with Gasteiger partial charge in [0.2, 0.25) is 13.6 Å². The molecule has 0 unspecified atom stereocenters. The molecule has 2 saturated carbocycles. The van der Waals surface area contributed by atoms with E-state index in [-0.39, 0.29) is 49.8 Å². The Hall–Kier alpha value is -2.36. The van der Waals surface area contributed by atoms with Gasteiger partial charge in [0.05, 0.1) is 11.8 Å². The fourth-order valence-corrected chi connectivity index (χ4v) is 4.55. The number of alkyl carbamates (subject to hydrolysis) is 1. The average Bonchev–Trinajstić information content (AvgIpc) is 2.90. The van der Waals surface area contributed by atoms with Gasteiger partial charge in [-0.2, -0.15) is 0 Å². The third-order valence-electron chi connectivity index (χ3n) is 6.72. The first-order valence-electron chi connectivity index (χ1n) is 13.7. The summed E-state index contributed by atoms with van der Waals surface area (Å²) >= 11 is 0. The van der Waals surface area contributed by atoms with E-state index < -0.39 is 6.09 Å². The first-order valence-corrected chi connectivity index (χ1v) is 13.7. The van der Waals surface area contributed by atoms with Crippen LogP contribution in [-0.2, 0) is 33.3 Å². The van der Waals surface area contributed by atoms with Crippen LogP contribution in [0.3, 0.4) is 0 Å². The Morgan fingerprint density at radius 1 is 0.583 bits per heavy atom. The number of carbonyl (C=O) groups is 4. The molecule has 0 aromatic rings. The van der Waals surface area contributed by atoms with Gasteiger partial charge in [0.15, 0.2) is 0 Å². The molecular formula is C26H44N2O8. The minimum atomic E-state index is -0.583. The predicted molar refractivity (Wildman–Crippen MR) is 132 cm³/mol. The van der Waals surface area contributed by atoms with Crippen LogP contribution in [0.5, 0.6) is 0 Å². The smallest absolute Gasteiger partial charge is 0.410 e. The monoisotopic (exact) mass is 512 g/mol. The summed E-state index contributed by atoms with van der Waals surface area (Å²) in [5.41, 5.74) is 0. The first-order chi connectivity index (χ1) is 17.6. The Morgan fingerprint density at radius 2 is 1.11 bits per heavy atom. The average molecular weight is 513 g/mol. The zero-order valence-electron chi connectivity index (χ0n) is 21.6. The Labute approximate surface area is 214 Å². The summed E-state index contributed by atoms with van der Waals surface area (Å²) in [7, 11) is 0. The fourth-order valence-electron chi connectivity index (χ4n) is 4.55. The SMILES string of the molecule is O=C(CCCNCCCCCNC(=O)OCOC(=O)C1CCCCC1)OCOC(=O)C1CCCCC1. The van der Waals surface area contributed by atoms with Crippen molar-refractivity contribution in [1.29, 1.82) is 0 Å². The summed E-state index contributed by atoms with van der Waals surface area (Å²) in [5.74, 6) is -1.01. The molecular weight excluding hydrogens is 468 g/mol. The van der Waals surface area contributed by atoms with Crippen molar-refractivity contribution in [2.24, 2.45) is 11.8 Å².